The SMILES string of the molecule is Cc1sc(NC(N)=O)c(C#N)c1C. The number of anilines is 1. The lowest BCUT2D eigenvalue weighted by Crippen LogP contribution is -2.19. The maximum Gasteiger partial charge on any atom is 0.317 e. The summed E-state index contributed by atoms with van der Waals surface area (Å²) >= 11 is 1.36. The van der Waals surface area contributed by atoms with Crippen LogP contribution in [0.5, 0.6) is 0 Å². The third-order valence-electron chi connectivity index (χ3n) is 1.73. The molecule has 1 aromatic heterocycles. The van der Waals surface area contributed by atoms with E-state index in [4.69, 9.17) is 11.0 Å². The number of carbonyl (C=O) groups is 1. The van der Waals surface area contributed by atoms with Gasteiger partial charge < -0.3 is 5.73 Å². The second-order valence-corrected chi connectivity index (χ2v) is 3.81. The fraction of sp³-hybridized carbons (Fsp3) is 0.250. The number of hydrogen-bond donors (Lipinski definition) is 2. The van der Waals surface area contributed by atoms with Crippen molar-refractivity contribution in [1.82, 2.24) is 0 Å². The average molecular weight is 195 g/mol. The van der Waals surface area contributed by atoms with E-state index in [9.17, 15) is 4.79 Å². The highest BCUT2D eigenvalue weighted by Gasteiger charge is 2.12. The van der Waals surface area contributed by atoms with Gasteiger partial charge >= 0.3 is 6.03 Å². The standard InChI is InChI=1S/C8H9N3OS/c1-4-5(2)13-7(6(4)3-9)11-8(10)12/h1-2H3,(H3,10,11,12). The van der Waals surface area contributed by atoms with Gasteiger partial charge in [0.2, 0.25) is 0 Å². The third kappa shape index (κ3) is 1.79. The van der Waals surface area contributed by atoms with Gasteiger partial charge in [-0.05, 0) is 19.4 Å². The van der Waals surface area contributed by atoms with Gasteiger partial charge in [-0.15, -0.1) is 11.3 Å². The van der Waals surface area contributed by atoms with E-state index in [2.05, 4.69) is 5.32 Å². The van der Waals surface area contributed by atoms with Crippen molar-refractivity contribution >= 4 is 22.4 Å². The van der Waals surface area contributed by atoms with E-state index < -0.39 is 6.03 Å². The summed E-state index contributed by atoms with van der Waals surface area (Å²) in [5.74, 6) is 0. The number of thiophene rings is 1. The summed E-state index contributed by atoms with van der Waals surface area (Å²) < 4.78 is 0. The molecule has 68 valence electrons. The largest absolute Gasteiger partial charge is 0.351 e. The third-order valence-corrected chi connectivity index (χ3v) is 2.86. The highest BCUT2D eigenvalue weighted by molar-refractivity contribution is 7.16. The van der Waals surface area contributed by atoms with Crippen LogP contribution in [0.4, 0.5) is 9.80 Å². The molecule has 0 aliphatic carbocycles. The number of carbonyl (C=O) groups excluding carboxylic acids is 1. The molecule has 0 atom stereocenters. The molecule has 5 heteroatoms. The molecule has 0 bridgehead atoms. The molecule has 0 aliphatic heterocycles. The molecule has 0 saturated heterocycles. The fourth-order valence-corrected chi connectivity index (χ4v) is 1.98. The molecule has 3 N–H and O–H groups in total. The predicted octanol–water partition coefficient (Wildman–Crippen LogP) is 1.73. The Morgan fingerprint density at radius 2 is 2.23 bits per heavy atom. The highest BCUT2D eigenvalue weighted by Crippen LogP contribution is 2.31. The van der Waals surface area contributed by atoms with E-state index in [0.29, 0.717) is 10.6 Å². The summed E-state index contributed by atoms with van der Waals surface area (Å²) in [6.45, 7) is 3.74. The smallest absolute Gasteiger partial charge is 0.317 e. The minimum atomic E-state index is -0.641. The van der Waals surface area contributed by atoms with E-state index in [-0.39, 0.29) is 0 Å². The molecular formula is C8H9N3OS. The summed E-state index contributed by atoms with van der Waals surface area (Å²) in [6, 6.07) is 1.39. The molecule has 1 rings (SSSR count). The van der Waals surface area contributed by atoms with Crippen LogP contribution in [0.25, 0.3) is 0 Å². The van der Waals surface area contributed by atoms with Crippen LogP contribution in [0.3, 0.4) is 0 Å². The topological polar surface area (TPSA) is 78.9 Å². The van der Waals surface area contributed by atoms with Gasteiger partial charge in [-0.1, -0.05) is 0 Å². The van der Waals surface area contributed by atoms with Crippen LogP contribution >= 0.6 is 11.3 Å². The minimum absolute atomic E-state index is 0.501. The van der Waals surface area contributed by atoms with Crippen molar-refractivity contribution in [1.29, 1.82) is 5.26 Å². The Kier molecular flexibility index (Phi) is 2.54. The molecule has 0 aliphatic rings. The first kappa shape index (κ1) is 9.55. The number of urea groups is 1. The zero-order valence-corrected chi connectivity index (χ0v) is 8.16. The molecule has 0 fully saturated rings. The first-order chi connectivity index (χ1) is 6.06. The van der Waals surface area contributed by atoms with Gasteiger partial charge in [0, 0.05) is 4.88 Å². The number of nitrogens with two attached hydrogens (primary N) is 1. The van der Waals surface area contributed by atoms with Crippen LogP contribution in [-0.2, 0) is 0 Å². The molecule has 0 saturated carbocycles. The van der Waals surface area contributed by atoms with Crippen molar-refractivity contribution in [2.75, 3.05) is 5.32 Å². The first-order valence-corrected chi connectivity index (χ1v) is 4.44. The van der Waals surface area contributed by atoms with E-state index in [1.165, 1.54) is 11.3 Å². The maximum atomic E-state index is 10.6. The number of hydrogen-bond acceptors (Lipinski definition) is 3. The van der Waals surface area contributed by atoms with Crippen molar-refractivity contribution in [2.45, 2.75) is 13.8 Å². The van der Waals surface area contributed by atoms with Crippen LogP contribution in [-0.4, -0.2) is 6.03 Å². The Morgan fingerprint density at radius 3 is 2.69 bits per heavy atom. The minimum Gasteiger partial charge on any atom is -0.351 e. The molecule has 0 radical (unpaired) electrons. The lowest BCUT2D eigenvalue weighted by atomic mass is 10.2. The number of nitriles is 1. The number of nitrogens with one attached hydrogen (secondary N) is 1. The van der Waals surface area contributed by atoms with Crippen molar-refractivity contribution in [2.24, 2.45) is 5.73 Å². The second-order valence-electron chi connectivity index (χ2n) is 2.59. The second kappa shape index (κ2) is 3.46. The summed E-state index contributed by atoms with van der Waals surface area (Å²) in [4.78, 5) is 11.6. The zero-order chi connectivity index (χ0) is 10.0. The predicted molar refractivity (Wildman–Crippen MR) is 51.7 cm³/mol. The Bertz CT molecular complexity index is 389. The molecule has 1 aromatic rings. The normalized spacial score (nSPS) is 9.31. The van der Waals surface area contributed by atoms with Crippen LogP contribution in [0, 0.1) is 25.2 Å². The van der Waals surface area contributed by atoms with Gasteiger partial charge in [-0.25, -0.2) is 4.79 Å². The number of aryl methyl sites for hydroxylation is 1. The van der Waals surface area contributed by atoms with Gasteiger partial charge in [0.25, 0.3) is 0 Å². The van der Waals surface area contributed by atoms with Crippen molar-refractivity contribution in [3.8, 4) is 6.07 Å². The summed E-state index contributed by atoms with van der Waals surface area (Å²) in [5.41, 5.74) is 6.36. The van der Waals surface area contributed by atoms with E-state index in [1.54, 1.807) is 0 Å². The maximum absolute atomic E-state index is 10.6. The van der Waals surface area contributed by atoms with E-state index in [0.717, 1.165) is 10.4 Å². The molecule has 0 spiro atoms. The average Bonchev–Trinajstić information content (AvgIpc) is 2.27. The quantitative estimate of drug-likeness (QED) is 0.715. The van der Waals surface area contributed by atoms with Crippen LogP contribution in [0.15, 0.2) is 0 Å². The summed E-state index contributed by atoms with van der Waals surface area (Å²) in [5, 5.41) is 11.7. The molecule has 2 amide bonds. The van der Waals surface area contributed by atoms with Gasteiger partial charge in [0.05, 0.1) is 5.56 Å². The molecule has 13 heavy (non-hydrogen) atoms. The van der Waals surface area contributed by atoms with Crippen molar-refractivity contribution in [3.05, 3.63) is 16.0 Å². The summed E-state index contributed by atoms with van der Waals surface area (Å²) in [7, 11) is 0. The number of primary amides is 1. The highest BCUT2D eigenvalue weighted by atomic mass is 32.1. The van der Waals surface area contributed by atoms with Crippen LogP contribution in [0.2, 0.25) is 0 Å². The zero-order valence-electron chi connectivity index (χ0n) is 7.34. The van der Waals surface area contributed by atoms with Gasteiger partial charge in [0.1, 0.15) is 11.1 Å². The Balaban J connectivity index is 3.15. The molecule has 1 heterocycles. The Labute approximate surface area is 80.0 Å². The van der Waals surface area contributed by atoms with Crippen LogP contribution < -0.4 is 11.1 Å². The number of amides is 2. The van der Waals surface area contributed by atoms with E-state index in [1.807, 2.05) is 19.9 Å². The van der Waals surface area contributed by atoms with Crippen LogP contribution in [0.1, 0.15) is 16.0 Å². The fourth-order valence-electron chi connectivity index (χ4n) is 0.962. The summed E-state index contributed by atoms with van der Waals surface area (Å²) in [6.07, 6.45) is 0. The lowest BCUT2D eigenvalue weighted by molar-refractivity contribution is 0.259. The Morgan fingerprint density at radius 1 is 1.62 bits per heavy atom. The van der Waals surface area contributed by atoms with Gasteiger partial charge in [-0.2, -0.15) is 5.26 Å². The molecular weight excluding hydrogens is 186 g/mol. The Hall–Kier alpha value is -1.54. The number of nitrogens with zero attached hydrogens (tertiary/aromatic N) is 1. The van der Waals surface area contributed by atoms with Crippen molar-refractivity contribution < 1.29 is 4.79 Å². The monoisotopic (exact) mass is 195 g/mol. The molecule has 0 aromatic carbocycles. The molecule has 4 nitrogen and oxygen atoms in total. The van der Waals surface area contributed by atoms with Gasteiger partial charge in [0.15, 0.2) is 0 Å². The number of rotatable bonds is 1. The van der Waals surface area contributed by atoms with Gasteiger partial charge in [-0.3, -0.25) is 5.32 Å². The first-order valence-electron chi connectivity index (χ1n) is 3.62. The van der Waals surface area contributed by atoms with Crippen molar-refractivity contribution in [3.63, 3.8) is 0 Å². The lowest BCUT2D eigenvalue weighted by Gasteiger charge is -1.96. The van der Waals surface area contributed by atoms with E-state index >= 15 is 0 Å². The molecule has 0 unspecified atom stereocenters.